The molecule has 0 spiro atoms. The Morgan fingerprint density at radius 3 is 3.05 bits per heavy atom. The van der Waals surface area contributed by atoms with Gasteiger partial charge in [-0.3, -0.25) is 9.69 Å². The molecule has 114 valence electrons. The summed E-state index contributed by atoms with van der Waals surface area (Å²) >= 11 is 0. The lowest BCUT2D eigenvalue weighted by atomic mass is 9.69. The number of H-pyrrole nitrogens is 1. The number of carbonyl (C=O) groups is 1. The van der Waals surface area contributed by atoms with Gasteiger partial charge in [0.2, 0.25) is 0 Å². The molecule has 1 aromatic carbocycles. The second kappa shape index (κ2) is 4.43. The third-order valence-corrected chi connectivity index (χ3v) is 5.96. The minimum absolute atomic E-state index is 0.135. The first-order valence-corrected chi connectivity index (χ1v) is 8.26. The number of Topliss-reactive ketones (excluding diaryl/α,β-unsaturated/α-hetero) is 1. The molecule has 4 nitrogen and oxygen atoms in total. The molecule has 2 bridgehead atoms. The molecule has 0 unspecified atom stereocenters. The molecule has 22 heavy (non-hydrogen) atoms. The molecule has 0 radical (unpaired) electrons. The highest BCUT2D eigenvalue weighted by atomic mass is 16.3. The van der Waals surface area contributed by atoms with Crippen molar-refractivity contribution in [3.63, 3.8) is 0 Å². The topological polar surface area (TPSA) is 56.3 Å². The van der Waals surface area contributed by atoms with Gasteiger partial charge in [0.1, 0.15) is 5.78 Å². The van der Waals surface area contributed by atoms with Crippen molar-refractivity contribution in [2.45, 2.75) is 31.4 Å². The van der Waals surface area contributed by atoms with E-state index in [1.54, 1.807) is 0 Å². The average Bonchev–Trinajstić information content (AvgIpc) is 2.91. The zero-order chi connectivity index (χ0) is 14.8. The average molecular weight is 296 g/mol. The molecule has 0 amide bonds. The lowest BCUT2D eigenvalue weighted by Gasteiger charge is -2.50. The van der Waals surface area contributed by atoms with Crippen LogP contribution >= 0.6 is 0 Å². The normalized spacial score (nSPS) is 34.5. The van der Waals surface area contributed by atoms with Gasteiger partial charge in [0.15, 0.2) is 0 Å². The van der Waals surface area contributed by atoms with E-state index < -0.39 is 6.10 Å². The number of fused-ring (bicyclic) bond motifs is 8. The van der Waals surface area contributed by atoms with Crippen LogP contribution < -0.4 is 0 Å². The van der Waals surface area contributed by atoms with E-state index in [-0.39, 0.29) is 23.7 Å². The fourth-order valence-corrected chi connectivity index (χ4v) is 4.95. The third kappa shape index (κ3) is 1.62. The van der Waals surface area contributed by atoms with E-state index in [2.05, 4.69) is 34.1 Å². The SMILES string of the molecule is O=C1C[C@H](O)[C@@H]2C[C@H]1CN1CCc3c([nH]c4ccccc34)[C@H]21. The quantitative estimate of drug-likeness (QED) is 0.782. The van der Waals surface area contributed by atoms with Crippen LogP contribution in [0.2, 0.25) is 0 Å². The van der Waals surface area contributed by atoms with E-state index in [0.717, 1.165) is 25.9 Å². The molecular formula is C18H20N2O2. The number of hydrogen-bond donors (Lipinski definition) is 2. The highest BCUT2D eigenvalue weighted by molar-refractivity contribution is 5.86. The second-order valence-corrected chi connectivity index (χ2v) is 7.09. The van der Waals surface area contributed by atoms with Gasteiger partial charge >= 0.3 is 0 Å². The molecule has 1 aromatic heterocycles. The van der Waals surface area contributed by atoms with E-state index in [1.807, 2.05) is 0 Å². The van der Waals surface area contributed by atoms with Gasteiger partial charge in [-0.2, -0.15) is 0 Å². The standard InChI is InChI=1S/C18H20N2O2/c21-15-8-16(22)13-7-10(15)9-20-6-5-12-11-3-1-2-4-14(11)19-17(12)18(13)20/h1-4,10,13,16,18-19,22H,5-9H2/t10-,13-,16-,18-/m0/s1. The summed E-state index contributed by atoms with van der Waals surface area (Å²) in [7, 11) is 0. The van der Waals surface area contributed by atoms with Gasteiger partial charge in [-0.1, -0.05) is 18.2 Å². The largest absolute Gasteiger partial charge is 0.392 e. The van der Waals surface area contributed by atoms with Gasteiger partial charge in [0, 0.05) is 47.9 Å². The number of para-hydroxylation sites is 1. The fraction of sp³-hybridized carbons (Fsp3) is 0.500. The van der Waals surface area contributed by atoms with Crippen molar-refractivity contribution >= 4 is 16.7 Å². The first-order valence-electron chi connectivity index (χ1n) is 8.26. The molecule has 2 aromatic rings. The number of hydrogen-bond acceptors (Lipinski definition) is 3. The Kier molecular flexibility index (Phi) is 2.59. The number of rotatable bonds is 0. The van der Waals surface area contributed by atoms with Crippen LogP contribution in [0.4, 0.5) is 0 Å². The van der Waals surface area contributed by atoms with Gasteiger partial charge in [-0.25, -0.2) is 0 Å². The molecular weight excluding hydrogens is 276 g/mol. The molecule has 1 aliphatic carbocycles. The number of piperidine rings is 1. The number of aromatic nitrogens is 1. The van der Waals surface area contributed by atoms with Crippen molar-refractivity contribution in [2.75, 3.05) is 13.1 Å². The minimum Gasteiger partial charge on any atom is -0.392 e. The summed E-state index contributed by atoms with van der Waals surface area (Å²) in [6.07, 6.45) is 1.72. The fourth-order valence-electron chi connectivity index (χ4n) is 4.95. The molecule has 2 N–H and O–H groups in total. The summed E-state index contributed by atoms with van der Waals surface area (Å²) in [5.74, 6) is 0.573. The molecule has 4 heteroatoms. The molecule has 5 rings (SSSR count). The maximum atomic E-state index is 12.1. The van der Waals surface area contributed by atoms with E-state index in [0.29, 0.717) is 6.42 Å². The molecule has 2 aliphatic heterocycles. The second-order valence-electron chi connectivity index (χ2n) is 7.09. The van der Waals surface area contributed by atoms with Gasteiger partial charge in [0.25, 0.3) is 0 Å². The van der Waals surface area contributed by atoms with E-state index in [9.17, 15) is 9.90 Å². The minimum atomic E-state index is -0.492. The van der Waals surface area contributed by atoms with Crippen LogP contribution in [0, 0.1) is 11.8 Å². The Bertz CT molecular complexity index is 766. The monoisotopic (exact) mass is 296 g/mol. The predicted octanol–water partition coefficient (Wildman–Crippen LogP) is 2.04. The summed E-state index contributed by atoms with van der Waals surface area (Å²) < 4.78 is 0. The van der Waals surface area contributed by atoms with E-state index in [1.165, 1.54) is 22.2 Å². The Morgan fingerprint density at radius 2 is 2.14 bits per heavy atom. The molecule has 3 aliphatic rings. The first kappa shape index (κ1) is 12.9. The summed E-state index contributed by atoms with van der Waals surface area (Å²) in [6.45, 7) is 1.86. The van der Waals surface area contributed by atoms with E-state index >= 15 is 0 Å². The number of nitrogens with zero attached hydrogens (tertiary/aromatic N) is 1. The Morgan fingerprint density at radius 1 is 1.27 bits per heavy atom. The highest BCUT2D eigenvalue weighted by Gasteiger charge is 2.49. The van der Waals surface area contributed by atoms with Crippen molar-refractivity contribution in [1.82, 2.24) is 9.88 Å². The number of aromatic amines is 1. The maximum absolute atomic E-state index is 12.1. The van der Waals surface area contributed by atoms with Crippen LogP contribution in [0.1, 0.15) is 30.1 Å². The maximum Gasteiger partial charge on any atom is 0.139 e. The number of aliphatic hydroxyl groups excluding tert-OH is 1. The van der Waals surface area contributed by atoms with Crippen molar-refractivity contribution in [2.24, 2.45) is 11.8 Å². The van der Waals surface area contributed by atoms with Gasteiger partial charge in [-0.15, -0.1) is 0 Å². The van der Waals surface area contributed by atoms with Crippen LogP contribution in [0.5, 0.6) is 0 Å². The van der Waals surface area contributed by atoms with Crippen molar-refractivity contribution in [3.05, 3.63) is 35.5 Å². The lowest BCUT2D eigenvalue weighted by molar-refractivity contribution is -0.139. The lowest BCUT2D eigenvalue weighted by Crippen LogP contribution is -2.54. The first-order chi connectivity index (χ1) is 10.7. The Balaban J connectivity index is 1.65. The zero-order valence-electron chi connectivity index (χ0n) is 12.5. The van der Waals surface area contributed by atoms with Crippen LogP contribution in [0.25, 0.3) is 10.9 Å². The number of ketones is 1. The summed E-state index contributed by atoms with van der Waals surface area (Å²) in [5.41, 5.74) is 3.89. The smallest absolute Gasteiger partial charge is 0.139 e. The molecule has 1 saturated carbocycles. The van der Waals surface area contributed by atoms with Crippen molar-refractivity contribution in [1.29, 1.82) is 0 Å². The highest BCUT2D eigenvalue weighted by Crippen LogP contribution is 2.48. The third-order valence-electron chi connectivity index (χ3n) is 5.96. The molecule has 1 saturated heterocycles. The van der Waals surface area contributed by atoms with Crippen LogP contribution in [-0.2, 0) is 11.2 Å². The molecule has 4 atom stereocenters. The Hall–Kier alpha value is -1.65. The summed E-state index contributed by atoms with van der Waals surface area (Å²) in [5, 5.41) is 11.8. The van der Waals surface area contributed by atoms with Crippen LogP contribution in [0.15, 0.2) is 24.3 Å². The van der Waals surface area contributed by atoms with Crippen molar-refractivity contribution in [3.8, 4) is 0 Å². The van der Waals surface area contributed by atoms with Gasteiger partial charge in [-0.05, 0) is 24.5 Å². The number of nitrogens with one attached hydrogen (secondary N) is 1. The van der Waals surface area contributed by atoms with Crippen LogP contribution in [-0.4, -0.2) is 40.0 Å². The van der Waals surface area contributed by atoms with E-state index in [4.69, 9.17) is 0 Å². The van der Waals surface area contributed by atoms with Crippen molar-refractivity contribution < 1.29 is 9.90 Å². The van der Waals surface area contributed by atoms with Gasteiger partial charge < -0.3 is 10.1 Å². The number of carbonyl (C=O) groups excluding carboxylic acids is 1. The van der Waals surface area contributed by atoms with Crippen LogP contribution in [0.3, 0.4) is 0 Å². The summed E-state index contributed by atoms with van der Waals surface area (Å²) in [4.78, 5) is 18.1. The molecule has 2 fully saturated rings. The Labute approximate surface area is 129 Å². The number of aliphatic hydroxyl groups is 1. The number of benzene rings is 1. The van der Waals surface area contributed by atoms with Gasteiger partial charge in [0.05, 0.1) is 12.1 Å². The summed E-state index contributed by atoms with van der Waals surface area (Å²) in [6, 6.07) is 8.72. The predicted molar refractivity (Wildman–Crippen MR) is 83.5 cm³/mol. The zero-order valence-corrected chi connectivity index (χ0v) is 12.5. The molecule has 3 heterocycles.